The van der Waals surface area contributed by atoms with Crippen LogP contribution in [0.25, 0.3) is 0 Å². The highest BCUT2D eigenvalue weighted by atomic mass is 35.5. The molecule has 2 aromatic carbocycles. The number of piperidine rings is 1. The number of rotatable bonds is 5. The largest absolute Gasteiger partial charge is 0.342 e. The normalized spacial score (nSPS) is 23.9. The molecule has 5 rings (SSSR count). The first-order valence-electron chi connectivity index (χ1n) is 11.3. The monoisotopic (exact) mass is 463 g/mol. The first-order chi connectivity index (χ1) is 15.9. The van der Waals surface area contributed by atoms with E-state index in [1.807, 2.05) is 49.2 Å². The van der Waals surface area contributed by atoms with Crippen LogP contribution in [0.4, 0.5) is 17.1 Å². The van der Waals surface area contributed by atoms with Crippen molar-refractivity contribution in [3.05, 3.63) is 53.1 Å². The zero-order valence-electron chi connectivity index (χ0n) is 18.7. The number of likely N-dealkylation sites (tertiary alicyclic amines) is 1. The maximum absolute atomic E-state index is 13.6. The Morgan fingerprint density at radius 1 is 1.21 bits per heavy atom. The van der Waals surface area contributed by atoms with E-state index in [9.17, 15) is 14.9 Å². The van der Waals surface area contributed by atoms with Crippen molar-refractivity contribution in [1.29, 1.82) is 5.26 Å². The summed E-state index contributed by atoms with van der Waals surface area (Å²) in [5.74, 6) is 0.318. The topological polar surface area (TPSA) is 79.7 Å². The summed E-state index contributed by atoms with van der Waals surface area (Å²) < 4.78 is 0. The van der Waals surface area contributed by atoms with E-state index in [4.69, 9.17) is 11.6 Å². The summed E-state index contributed by atoms with van der Waals surface area (Å²) in [7, 11) is 1.94. The predicted molar refractivity (Wildman–Crippen MR) is 128 cm³/mol. The molecule has 0 bridgehead atoms. The summed E-state index contributed by atoms with van der Waals surface area (Å²) in [6.45, 7) is 2.49. The lowest BCUT2D eigenvalue weighted by Crippen LogP contribution is -2.48. The quantitative estimate of drug-likeness (QED) is 0.733. The minimum atomic E-state index is -0.311. The average Bonchev–Trinajstić information content (AvgIpc) is 3.50. The maximum Gasteiger partial charge on any atom is 0.260 e. The number of nitriles is 1. The Morgan fingerprint density at radius 2 is 1.97 bits per heavy atom. The van der Waals surface area contributed by atoms with E-state index >= 15 is 0 Å². The molecule has 7 nitrogen and oxygen atoms in total. The number of nitrogens with one attached hydrogen (secondary N) is 1. The number of anilines is 3. The summed E-state index contributed by atoms with van der Waals surface area (Å²) in [5.41, 5.74) is 3.06. The fourth-order valence-corrected chi connectivity index (χ4v) is 5.31. The molecule has 2 aliphatic heterocycles. The number of nitrogens with zero attached hydrogens (tertiary/aromatic N) is 4. The Bertz CT molecular complexity index is 1160. The molecule has 0 aromatic heterocycles. The Labute approximate surface area is 198 Å². The second-order valence-electron chi connectivity index (χ2n) is 9.15. The van der Waals surface area contributed by atoms with Crippen LogP contribution in [0.5, 0.6) is 0 Å². The lowest BCUT2D eigenvalue weighted by Gasteiger charge is -2.28. The molecule has 170 valence electrons. The van der Waals surface area contributed by atoms with Gasteiger partial charge in [0.1, 0.15) is 6.04 Å². The van der Waals surface area contributed by atoms with E-state index in [0.717, 1.165) is 29.9 Å². The van der Waals surface area contributed by atoms with Gasteiger partial charge in [0, 0.05) is 30.7 Å². The molecule has 1 N–H and O–H groups in total. The highest BCUT2D eigenvalue weighted by molar-refractivity contribution is 6.31. The zero-order chi connectivity index (χ0) is 23.3. The van der Waals surface area contributed by atoms with Gasteiger partial charge in [-0.25, -0.2) is 0 Å². The van der Waals surface area contributed by atoms with Gasteiger partial charge < -0.3 is 20.0 Å². The van der Waals surface area contributed by atoms with Crippen LogP contribution in [0, 0.1) is 17.2 Å². The van der Waals surface area contributed by atoms with Gasteiger partial charge in [-0.05, 0) is 56.0 Å². The van der Waals surface area contributed by atoms with E-state index in [1.54, 1.807) is 21.9 Å². The standard InChI is InChI=1S/C25H26ClN5O2/c1-15(28-13-24(32)31-18(12-27)9-16-10-23(16)31)14-30-22-6-4-3-5-21(22)29(2)20-8-7-17(26)11-19(20)25(30)33/h3-8,11,15-16,18,23,28H,9-10,13-14H2,1-2H3/t15-,16+,18?,23-/m0/s1. The van der Waals surface area contributed by atoms with Crippen LogP contribution in [0.1, 0.15) is 30.1 Å². The SMILES string of the molecule is C[C@@H](CN1C(=O)c2cc(Cl)ccc2N(C)c2ccccc21)NCC(=O)N1C(C#N)C[C@@H]2C[C@@H]21. The summed E-state index contributed by atoms with van der Waals surface area (Å²) in [4.78, 5) is 31.9. The first-order valence-corrected chi connectivity index (χ1v) is 11.6. The van der Waals surface area contributed by atoms with Crippen molar-refractivity contribution in [1.82, 2.24) is 10.2 Å². The third kappa shape index (κ3) is 3.84. The van der Waals surface area contributed by atoms with E-state index in [0.29, 0.717) is 23.0 Å². The number of hydrogen-bond donors (Lipinski definition) is 1. The molecule has 1 aliphatic carbocycles. The van der Waals surface area contributed by atoms with Crippen molar-refractivity contribution in [2.75, 3.05) is 29.9 Å². The molecule has 33 heavy (non-hydrogen) atoms. The summed E-state index contributed by atoms with van der Waals surface area (Å²) in [6, 6.07) is 15.2. The maximum atomic E-state index is 13.6. The Balaban J connectivity index is 1.35. The van der Waals surface area contributed by atoms with Crippen molar-refractivity contribution < 1.29 is 9.59 Å². The fourth-order valence-electron chi connectivity index (χ4n) is 5.14. The molecule has 2 fully saturated rings. The second-order valence-corrected chi connectivity index (χ2v) is 9.59. The van der Waals surface area contributed by atoms with Gasteiger partial charge in [-0.1, -0.05) is 23.7 Å². The molecule has 1 saturated carbocycles. The zero-order valence-corrected chi connectivity index (χ0v) is 19.4. The van der Waals surface area contributed by atoms with Gasteiger partial charge in [-0.15, -0.1) is 0 Å². The average molecular weight is 464 g/mol. The summed E-state index contributed by atoms with van der Waals surface area (Å²) >= 11 is 6.23. The number of halogens is 1. The molecule has 0 radical (unpaired) electrons. The number of carbonyl (C=O) groups excluding carboxylic acids is 2. The number of benzene rings is 2. The fraction of sp³-hybridized carbons (Fsp3) is 0.400. The highest BCUT2D eigenvalue weighted by Crippen LogP contribution is 2.47. The van der Waals surface area contributed by atoms with E-state index in [1.165, 1.54) is 0 Å². The number of para-hydroxylation sites is 2. The molecule has 1 saturated heterocycles. The first kappa shape index (κ1) is 21.7. The summed E-state index contributed by atoms with van der Waals surface area (Å²) in [5, 5.41) is 13.1. The molecular formula is C25H26ClN5O2. The lowest BCUT2D eigenvalue weighted by molar-refractivity contribution is -0.131. The van der Waals surface area contributed by atoms with E-state index in [2.05, 4.69) is 11.4 Å². The highest BCUT2D eigenvalue weighted by Gasteiger charge is 2.53. The van der Waals surface area contributed by atoms with Crippen molar-refractivity contribution in [3.8, 4) is 6.07 Å². The van der Waals surface area contributed by atoms with Crippen molar-refractivity contribution in [3.63, 3.8) is 0 Å². The Kier molecular flexibility index (Phi) is 5.51. The van der Waals surface area contributed by atoms with Gasteiger partial charge in [0.05, 0.1) is 35.2 Å². The van der Waals surface area contributed by atoms with Gasteiger partial charge in [0.2, 0.25) is 5.91 Å². The van der Waals surface area contributed by atoms with Crippen LogP contribution in [0.15, 0.2) is 42.5 Å². The van der Waals surface area contributed by atoms with Crippen LogP contribution in [-0.2, 0) is 4.79 Å². The number of fused-ring (bicyclic) bond motifs is 3. The predicted octanol–water partition coefficient (Wildman–Crippen LogP) is 3.56. The Hall–Kier alpha value is -3.08. The van der Waals surface area contributed by atoms with Crippen molar-refractivity contribution in [2.24, 2.45) is 5.92 Å². The van der Waals surface area contributed by atoms with Crippen molar-refractivity contribution in [2.45, 2.75) is 37.9 Å². The van der Waals surface area contributed by atoms with Gasteiger partial charge in [0.15, 0.2) is 0 Å². The summed E-state index contributed by atoms with van der Waals surface area (Å²) in [6.07, 6.45) is 1.80. The molecule has 3 aliphatic rings. The second kappa shape index (κ2) is 8.36. The smallest absolute Gasteiger partial charge is 0.260 e. The molecule has 2 amide bonds. The Morgan fingerprint density at radius 3 is 2.73 bits per heavy atom. The number of amides is 2. The molecular weight excluding hydrogens is 438 g/mol. The van der Waals surface area contributed by atoms with Crippen LogP contribution >= 0.6 is 11.6 Å². The minimum absolute atomic E-state index is 0.0437. The van der Waals surface area contributed by atoms with Crippen molar-refractivity contribution >= 4 is 40.5 Å². The van der Waals surface area contributed by atoms with Gasteiger partial charge in [-0.3, -0.25) is 9.59 Å². The third-order valence-electron chi connectivity index (χ3n) is 6.93. The molecule has 2 heterocycles. The molecule has 2 aromatic rings. The van der Waals surface area contributed by atoms with E-state index in [-0.39, 0.29) is 36.5 Å². The number of hydrogen-bond acceptors (Lipinski definition) is 5. The van der Waals surface area contributed by atoms with Crippen LogP contribution in [0.3, 0.4) is 0 Å². The van der Waals surface area contributed by atoms with Gasteiger partial charge in [0.25, 0.3) is 5.91 Å². The lowest BCUT2D eigenvalue weighted by atomic mass is 10.1. The number of carbonyl (C=O) groups is 2. The third-order valence-corrected chi connectivity index (χ3v) is 7.16. The van der Waals surface area contributed by atoms with E-state index < -0.39 is 0 Å². The molecule has 1 unspecified atom stereocenters. The minimum Gasteiger partial charge on any atom is -0.342 e. The van der Waals surface area contributed by atoms with Crippen LogP contribution < -0.4 is 15.1 Å². The van der Waals surface area contributed by atoms with Gasteiger partial charge >= 0.3 is 0 Å². The molecule has 0 spiro atoms. The van der Waals surface area contributed by atoms with Crippen LogP contribution in [-0.4, -0.2) is 55.0 Å². The molecule has 8 heteroatoms. The van der Waals surface area contributed by atoms with Crippen LogP contribution in [0.2, 0.25) is 5.02 Å². The molecule has 4 atom stereocenters. The van der Waals surface area contributed by atoms with Gasteiger partial charge in [-0.2, -0.15) is 5.26 Å².